The molecule has 2 atom stereocenters. The zero-order valence-electron chi connectivity index (χ0n) is 10.2. The van der Waals surface area contributed by atoms with Crippen molar-refractivity contribution in [2.45, 2.75) is 18.4 Å². The van der Waals surface area contributed by atoms with Crippen molar-refractivity contribution in [3.63, 3.8) is 0 Å². The Labute approximate surface area is 120 Å². The predicted molar refractivity (Wildman–Crippen MR) is 74.5 cm³/mol. The molecule has 1 aromatic carbocycles. The zero-order valence-corrected chi connectivity index (χ0v) is 12.5. The lowest BCUT2D eigenvalue weighted by atomic mass is 10.1. The molecule has 0 radical (unpaired) electrons. The first-order valence-electron chi connectivity index (χ1n) is 5.98. The first-order valence-corrected chi connectivity index (χ1v) is 7.21. The number of halogens is 2. The van der Waals surface area contributed by atoms with Gasteiger partial charge in [0.1, 0.15) is 11.9 Å². The number of benzene rings is 1. The zero-order chi connectivity index (χ0) is 13.0. The Morgan fingerprint density at radius 3 is 2.94 bits per heavy atom. The lowest BCUT2D eigenvalue weighted by molar-refractivity contribution is -0.0893. The Balaban J connectivity index is 2.11. The van der Waals surface area contributed by atoms with Gasteiger partial charge in [-0.05, 0) is 24.6 Å². The van der Waals surface area contributed by atoms with Crippen molar-refractivity contribution in [2.24, 2.45) is 0 Å². The van der Waals surface area contributed by atoms with E-state index in [1.54, 1.807) is 0 Å². The van der Waals surface area contributed by atoms with Crippen LogP contribution in [0.3, 0.4) is 0 Å². The number of hydrogen-bond acceptors (Lipinski definition) is 3. The van der Waals surface area contributed by atoms with Crippen LogP contribution in [0.4, 0.5) is 0 Å². The van der Waals surface area contributed by atoms with Gasteiger partial charge < -0.3 is 14.2 Å². The van der Waals surface area contributed by atoms with Crippen LogP contribution in [-0.2, 0) is 9.47 Å². The van der Waals surface area contributed by atoms with Crippen molar-refractivity contribution in [3.05, 3.63) is 28.2 Å². The van der Waals surface area contributed by atoms with E-state index in [4.69, 9.17) is 25.8 Å². The molecule has 3 nitrogen and oxygen atoms in total. The quantitative estimate of drug-likeness (QED) is 0.788. The molecule has 1 fully saturated rings. The van der Waals surface area contributed by atoms with Crippen LogP contribution in [0.5, 0.6) is 5.75 Å². The van der Waals surface area contributed by atoms with Gasteiger partial charge in [-0.1, -0.05) is 22.0 Å². The van der Waals surface area contributed by atoms with E-state index in [0.717, 1.165) is 15.8 Å². The van der Waals surface area contributed by atoms with E-state index in [-0.39, 0.29) is 11.5 Å². The lowest BCUT2D eigenvalue weighted by Gasteiger charge is -2.27. The topological polar surface area (TPSA) is 27.7 Å². The molecular formula is C13H16BrClO3. The third kappa shape index (κ3) is 3.38. The minimum Gasteiger partial charge on any atom is -0.494 e. The fraction of sp³-hybridized carbons (Fsp3) is 0.538. The number of rotatable bonds is 4. The Morgan fingerprint density at radius 1 is 1.50 bits per heavy atom. The van der Waals surface area contributed by atoms with Crippen LogP contribution in [0, 0.1) is 0 Å². The molecule has 2 rings (SSSR count). The van der Waals surface area contributed by atoms with E-state index < -0.39 is 0 Å². The highest BCUT2D eigenvalue weighted by molar-refractivity contribution is 9.10. The van der Waals surface area contributed by atoms with Crippen molar-refractivity contribution in [1.82, 2.24) is 0 Å². The van der Waals surface area contributed by atoms with Gasteiger partial charge in [-0.15, -0.1) is 11.6 Å². The van der Waals surface area contributed by atoms with Crippen molar-refractivity contribution in [1.29, 1.82) is 0 Å². The van der Waals surface area contributed by atoms with Crippen molar-refractivity contribution >= 4 is 27.5 Å². The average Bonchev–Trinajstić information content (AvgIpc) is 2.40. The third-order valence-electron chi connectivity index (χ3n) is 2.75. The largest absolute Gasteiger partial charge is 0.494 e. The summed E-state index contributed by atoms with van der Waals surface area (Å²) in [6, 6.07) is 5.81. The first kappa shape index (κ1) is 14.1. The minimum absolute atomic E-state index is 0.102. The number of ether oxygens (including phenoxy) is 3. The molecule has 0 spiro atoms. The summed E-state index contributed by atoms with van der Waals surface area (Å²) in [7, 11) is 0. The molecule has 0 aliphatic carbocycles. The Kier molecular flexibility index (Phi) is 5.30. The van der Waals surface area contributed by atoms with Gasteiger partial charge >= 0.3 is 0 Å². The molecule has 100 valence electrons. The highest BCUT2D eigenvalue weighted by Gasteiger charge is 2.26. The van der Waals surface area contributed by atoms with Gasteiger partial charge in [0, 0.05) is 4.47 Å². The van der Waals surface area contributed by atoms with Gasteiger partial charge in [0.2, 0.25) is 0 Å². The van der Waals surface area contributed by atoms with Gasteiger partial charge in [-0.25, -0.2) is 0 Å². The van der Waals surface area contributed by atoms with Crippen LogP contribution >= 0.6 is 27.5 Å². The Morgan fingerprint density at radius 2 is 2.33 bits per heavy atom. The smallest absolute Gasteiger partial charge is 0.120 e. The molecule has 2 unspecified atom stereocenters. The number of alkyl halides is 1. The molecule has 1 aromatic rings. The lowest BCUT2D eigenvalue weighted by Crippen LogP contribution is -2.32. The van der Waals surface area contributed by atoms with Crippen molar-refractivity contribution in [3.8, 4) is 5.75 Å². The molecule has 18 heavy (non-hydrogen) atoms. The summed E-state index contributed by atoms with van der Waals surface area (Å²) in [5, 5.41) is -0.227. The van der Waals surface area contributed by atoms with Gasteiger partial charge in [-0.3, -0.25) is 0 Å². The Bertz CT molecular complexity index is 394. The minimum atomic E-state index is -0.227. The predicted octanol–water partition coefficient (Wildman–Crippen LogP) is 3.54. The normalized spacial score (nSPS) is 21.6. The summed E-state index contributed by atoms with van der Waals surface area (Å²) in [5.41, 5.74) is 0.996. The van der Waals surface area contributed by atoms with Crippen LogP contribution < -0.4 is 4.74 Å². The molecule has 1 aliphatic rings. The molecule has 1 saturated heterocycles. The molecule has 5 heteroatoms. The van der Waals surface area contributed by atoms with Crippen molar-refractivity contribution < 1.29 is 14.2 Å². The fourth-order valence-corrected chi connectivity index (χ4v) is 2.94. The Hall–Kier alpha value is -0.290. The molecule has 0 N–H and O–H groups in total. The second-order valence-electron chi connectivity index (χ2n) is 4.00. The second-order valence-corrected chi connectivity index (χ2v) is 5.33. The van der Waals surface area contributed by atoms with Crippen LogP contribution in [0.2, 0.25) is 0 Å². The molecule has 1 aliphatic heterocycles. The van der Waals surface area contributed by atoms with Crippen LogP contribution in [0.25, 0.3) is 0 Å². The maximum absolute atomic E-state index is 6.44. The second kappa shape index (κ2) is 6.75. The fourth-order valence-electron chi connectivity index (χ4n) is 1.86. The highest BCUT2D eigenvalue weighted by atomic mass is 79.9. The first-order chi connectivity index (χ1) is 8.72. The van der Waals surface area contributed by atoms with E-state index in [9.17, 15) is 0 Å². The van der Waals surface area contributed by atoms with E-state index in [1.807, 2.05) is 25.1 Å². The molecule has 1 heterocycles. The van der Waals surface area contributed by atoms with Crippen LogP contribution in [-0.4, -0.2) is 32.5 Å². The molecule has 0 saturated carbocycles. The van der Waals surface area contributed by atoms with E-state index in [2.05, 4.69) is 15.9 Å². The summed E-state index contributed by atoms with van der Waals surface area (Å²) in [6.45, 7) is 4.38. The summed E-state index contributed by atoms with van der Waals surface area (Å²) in [6.07, 6.45) is -0.102. The number of hydrogen-bond donors (Lipinski definition) is 0. The van der Waals surface area contributed by atoms with Gasteiger partial charge in [0.05, 0.1) is 31.8 Å². The van der Waals surface area contributed by atoms with Crippen LogP contribution in [0.15, 0.2) is 22.7 Å². The molecule has 0 amide bonds. The highest BCUT2D eigenvalue weighted by Crippen LogP contribution is 2.35. The van der Waals surface area contributed by atoms with Gasteiger partial charge in [0.15, 0.2) is 0 Å². The molecule has 0 bridgehead atoms. The standard InChI is InChI=1S/C13H16BrClO3/c1-2-17-9-3-4-10(11(14)7-9)13(15)12-8-16-5-6-18-12/h3-4,7,12-13H,2,5-6,8H2,1H3. The van der Waals surface area contributed by atoms with Gasteiger partial charge in [0.25, 0.3) is 0 Å². The maximum Gasteiger partial charge on any atom is 0.120 e. The maximum atomic E-state index is 6.44. The van der Waals surface area contributed by atoms with E-state index >= 15 is 0 Å². The summed E-state index contributed by atoms with van der Waals surface area (Å²) in [5.74, 6) is 0.831. The summed E-state index contributed by atoms with van der Waals surface area (Å²) in [4.78, 5) is 0. The van der Waals surface area contributed by atoms with Crippen LogP contribution in [0.1, 0.15) is 17.9 Å². The van der Waals surface area contributed by atoms with E-state index in [0.29, 0.717) is 26.4 Å². The summed E-state index contributed by atoms with van der Waals surface area (Å²) < 4.78 is 17.4. The monoisotopic (exact) mass is 334 g/mol. The average molecular weight is 336 g/mol. The van der Waals surface area contributed by atoms with Crippen molar-refractivity contribution in [2.75, 3.05) is 26.4 Å². The third-order valence-corrected chi connectivity index (χ3v) is 3.95. The van der Waals surface area contributed by atoms with Gasteiger partial charge in [-0.2, -0.15) is 0 Å². The summed E-state index contributed by atoms with van der Waals surface area (Å²) >= 11 is 9.97. The van der Waals surface area contributed by atoms with E-state index in [1.165, 1.54) is 0 Å². The molecular weight excluding hydrogens is 319 g/mol. The molecule has 0 aromatic heterocycles. The SMILES string of the molecule is CCOc1ccc(C(Cl)C2COCCO2)c(Br)c1.